The van der Waals surface area contributed by atoms with E-state index in [0.717, 1.165) is 0 Å². The fourth-order valence-electron chi connectivity index (χ4n) is 2.23. The van der Waals surface area contributed by atoms with Crippen molar-refractivity contribution in [3.05, 3.63) is 36.3 Å². The number of hydrogen-bond acceptors (Lipinski definition) is 8. The van der Waals surface area contributed by atoms with Crippen LogP contribution in [0.2, 0.25) is 0 Å². The molecule has 0 aliphatic rings. The monoisotopic (exact) mass is 453 g/mol. The molecule has 0 aliphatic carbocycles. The Kier molecular flexibility index (Phi) is 8.10. The van der Waals surface area contributed by atoms with Gasteiger partial charge >= 0.3 is 12.0 Å². The standard InChI is InChI=1S/C18H23N5O7S/c1-12-20-16(10-23(12)2)31(27,28)19-9-8-17(25)30-11-15(24)22-18(26)21-13-4-6-14(29-3)7-5-13/h4-7,10,19H,8-9,11H2,1-3H3,(H2,21,22,24,26). The molecule has 2 rings (SSSR count). The Morgan fingerprint density at radius 1 is 1.16 bits per heavy atom. The van der Waals surface area contributed by atoms with Gasteiger partial charge in [-0.25, -0.2) is 22.9 Å². The van der Waals surface area contributed by atoms with Gasteiger partial charge in [-0.1, -0.05) is 0 Å². The van der Waals surface area contributed by atoms with Crippen molar-refractivity contribution in [3.8, 4) is 5.75 Å². The van der Waals surface area contributed by atoms with Crippen LogP contribution in [0.25, 0.3) is 0 Å². The lowest BCUT2D eigenvalue weighted by Crippen LogP contribution is -2.37. The van der Waals surface area contributed by atoms with Crippen molar-refractivity contribution in [2.24, 2.45) is 7.05 Å². The summed E-state index contributed by atoms with van der Waals surface area (Å²) < 4.78 is 37.7. The third-order valence-corrected chi connectivity index (χ3v) is 5.28. The third-order valence-electron chi connectivity index (χ3n) is 3.95. The highest BCUT2D eigenvalue weighted by molar-refractivity contribution is 7.89. The zero-order chi connectivity index (χ0) is 23.0. The number of nitrogens with one attached hydrogen (secondary N) is 3. The summed E-state index contributed by atoms with van der Waals surface area (Å²) in [5.41, 5.74) is 0.429. The first-order valence-electron chi connectivity index (χ1n) is 9.01. The second kappa shape index (κ2) is 10.5. The molecule has 0 bridgehead atoms. The molecule has 3 N–H and O–H groups in total. The summed E-state index contributed by atoms with van der Waals surface area (Å²) >= 11 is 0. The van der Waals surface area contributed by atoms with Crippen LogP contribution in [0.15, 0.2) is 35.5 Å². The molecule has 0 radical (unpaired) electrons. The molecular weight excluding hydrogens is 430 g/mol. The molecule has 1 heterocycles. The molecule has 0 saturated carbocycles. The average molecular weight is 453 g/mol. The molecule has 0 saturated heterocycles. The Labute approximate surface area is 179 Å². The molecule has 0 fully saturated rings. The number of imide groups is 1. The van der Waals surface area contributed by atoms with E-state index in [2.05, 4.69) is 15.0 Å². The maximum atomic E-state index is 12.1. The van der Waals surface area contributed by atoms with Gasteiger partial charge in [-0.3, -0.25) is 14.9 Å². The quantitative estimate of drug-likeness (QED) is 0.457. The van der Waals surface area contributed by atoms with Gasteiger partial charge in [0.1, 0.15) is 11.6 Å². The van der Waals surface area contributed by atoms with E-state index in [-0.39, 0.29) is 18.0 Å². The maximum absolute atomic E-state index is 12.1. The number of ether oxygens (including phenoxy) is 2. The van der Waals surface area contributed by atoms with Gasteiger partial charge in [0.2, 0.25) is 0 Å². The van der Waals surface area contributed by atoms with Crippen molar-refractivity contribution in [3.63, 3.8) is 0 Å². The van der Waals surface area contributed by atoms with Crippen molar-refractivity contribution in [1.29, 1.82) is 0 Å². The third kappa shape index (κ3) is 7.38. The van der Waals surface area contributed by atoms with Gasteiger partial charge in [-0.15, -0.1) is 0 Å². The zero-order valence-corrected chi connectivity index (χ0v) is 18.0. The van der Waals surface area contributed by atoms with Crippen LogP contribution < -0.4 is 20.1 Å². The SMILES string of the molecule is COc1ccc(NC(=O)NC(=O)COC(=O)CCNS(=O)(=O)c2cn(C)c(C)n2)cc1. The van der Waals surface area contributed by atoms with Crippen LogP contribution in [0.4, 0.5) is 10.5 Å². The highest BCUT2D eigenvalue weighted by atomic mass is 32.2. The zero-order valence-electron chi connectivity index (χ0n) is 17.2. The van der Waals surface area contributed by atoms with Gasteiger partial charge in [-0.05, 0) is 31.2 Å². The number of anilines is 1. The molecular formula is C18H23N5O7S. The Morgan fingerprint density at radius 3 is 2.42 bits per heavy atom. The number of nitrogens with zero attached hydrogens (tertiary/aromatic N) is 2. The maximum Gasteiger partial charge on any atom is 0.325 e. The van der Waals surface area contributed by atoms with Crippen molar-refractivity contribution >= 4 is 33.6 Å². The molecule has 0 atom stereocenters. The van der Waals surface area contributed by atoms with Crippen LogP contribution in [0, 0.1) is 6.92 Å². The summed E-state index contributed by atoms with van der Waals surface area (Å²) in [6.45, 7) is 0.718. The number of sulfonamides is 1. The van der Waals surface area contributed by atoms with Crippen molar-refractivity contribution in [2.75, 3.05) is 25.6 Å². The summed E-state index contributed by atoms with van der Waals surface area (Å²) in [6.07, 6.45) is 1.04. The largest absolute Gasteiger partial charge is 0.497 e. The average Bonchev–Trinajstić information content (AvgIpc) is 3.06. The van der Waals surface area contributed by atoms with Crippen LogP contribution >= 0.6 is 0 Å². The van der Waals surface area contributed by atoms with Crippen LogP contribution in [0.3, 0.4) is 0 Å². The van der Waals surface area contributed by atoms with Crippen LogP contribution in [-0.2, 0) is 31.4 Å². The van der Waals surface area contributed by atoms with E-state index in [0.29, 0.717) is 17.3 Å². The minimum Gasteiger partial charge on any atom is -0.497 e. The van der Waals surface area contributed by atoms with Gasteiger partial charge in [0.05, 0.1) is 13.5 Å². The number of carbonyl (C=O) groups is 3. The summed E-state index contributed by atoms with van der Waals surface area (Å²) in [4.78, 5) is 39.1. The molecule has 1 aromatic heterocycles. The Hall–Kier alpha value is -3.45. The Bertz CT molecular complexity index is 1030. The minimum atomic E-state index is -3.87. The van der Waals surface area contributed by atoms with E-state index >= 15 is 0 Å². The number of esters is 1. The molecule has 3 amide bonds. The van der Waals surface area contributed by atoms with Crippen LogP contribution in [0.5, 0.6) is 5.75 Å². The molecule has 31 heavy (non-hydrogen) atoms. The molecule has 168 valence electrons. The molecule has 1 aromatic carbocycles. The highest BCUT2D eigenvalue weighted by Crippen LogP contribution is 2.14. The van der Waals surface area contributed by atoms with Gasteiger partial charge in [-0.2, -0.15) is 0 Å². The number of rotatable bonds is 9. The van der Waals surface area contributed by atoms with E-state index in [9.17, 15) is 22.8 Å². The minimum absolute atomic E-state index is 0.164. The smallest absolute Gasteiger partial charge is 0.325 e. The van der Waals surface area contributed by atoms with Crippen LogP contribution in [0.1, 0.15) is 12.2 Å². The van der Waals surface area contributed by atoms with Gasteiger partial charge in [0.25, 0.3) is 15.9 Å². The summed E-state index contributed by atoms with van der Waals surface area (Å²) in [5, 5.41) is 4.27. The Balaban J connectivity index is 1.69. The number of carbonyl (C=O) groups excluding carboxylic acids is 3. The number of amides is 3. The van der Waals surface area contributed by atoms with E-state index in [1.54, 1.807) is 42.8 Å². The normalized spacial score (nSPS) is 10.9. The number of hydrogen-bond donors (Lipinski definition) is 3. The topological polar surface area (TPSA) is 158 Å². The Morgan fingerprint density at radius 2 is 1.84 bits per heavy atom. The van der Waals surface area contributed by atoms with E-state index in [1.807, 2.05) is 5.32 Å². The molecule has 0 spiro atoms. The number of benzene rings is 1. The predicted molar refractivity (Wildman–Crippen MR) is 109 cm³/mol. The summed E-state index contributed by atoms with van der Waals surface area (Å²) in [6, 6.07) is 5.61. The van der Waals surface area contributed by atoms with Crippen molar-refractivity contribution in [1.82, 2.24) is 19.6 Å². The lowest BCUT2D eigenvalue weighted by molar-refractivity contribution is -0.148. The first-order valence-corrected chi connectivity index (χ1v) is 10.5. The fraction of sp³-hybridized carbons (Fsp3) is 0.333. The van der Waals surface area contributed by atoms with Crippen molar-refractivity contribution < 1.29 is 32.3 Å². The number of aryl methyl sites for hydroxylation is 2. The van der Waals surface area contributed by atoms with E-state index in [1.165, 1.54) is 13.3 Å². The summed E-state index contributed by atoms with van der Waals surface area (Å²) in [7, 11) is -0.710. The highest BCUT2D eigenvalue weighted by Gasteiger charge is 2.19. The lowest BCUT2D eigenvalue weighted by atomic mass is 10.3. The summed E-state index contributed by atoms with van der Waals surface area (Å²) in [5.74, 6) is -0.539. The van der Waals surface area contributed by atoms with Gasteiger partial charge in [0, 0.05) is 25.5 Å². The van der Waals surface area contributed by atoms with Crippen molar-refractivity contribution in [2.45, 2.75) is 18.4 Å². The first-order chi connectivity index (χ1) is 14.6. The second-order valence-electron chi connectivity index (χ2n) is 6.28. The van der Waals surface area contributed by atoms with Crippen LogP contribution in [-0.4, -0.2) is 56.1 Å². The molecule has 0 unspecified atom stereocenters. The number of aromatic nitrogens is 2. The number of methoxy groups -OCH3 is 1. The molecule has 12 nitrogen and oxygen atoms in total. The number of imidazole rings is 1. The van der Waals surface area contributed by atoms with E-state index in [4.69, 9.17) is 9.47 Å². The molecule has 0 aliphatic heterocycles. The predicted octanol–water partition coefficient (Wildman–Crippen LogP) is 0.297. The lowest BCUT2D eigenvalue weighted by Gasteiger charge is -2.08. The first kappa shape index (κ1) is 23.8. The number of urea groups is 1. The van der Waals surface area contributed by atoms with E-state index < -0.39 is 34.5 Å². The van der Waals surface area contributed by atoms with Gasteiger partial charge < -0.3 is 19.4 Å². The molecule has 2 aromatic rings. The fourth-order valence-corrected chi connectivity index (χ4v) is 3.30. The molecule has 13 heteroatoms. The second-order valence-corrected chi connectivity index (χ2v) is 7.99. The van der Waals surface area contributed by atoms with Gasteiger partial charge in [0.15, 0.2) is 11.6 Å².